The molecule has 1 amide bonds. The van der Waals surface area contributed by atoms with Gasteiger partial charge in [0.2, 0.25) is 10.0 Å². The summed E-state index contributed by atoms with van der Waals surface area (Å²) in [5.41, 5.74) is 3.03. The molecule has 6 nitrogen and oxygen atoms in total. The number of hydrogen-bond donors (Lipinski definition) is 1. The first kappa shape index (κ1) is 21.2. The van der Waals surface area contributed by atoms with Crippen molar-refractivity contribution in [1.29, 1.82) is 0 Å². The first-order chi connectivity index (χ1) is 14.9. The number of rotatable bonds is 6. The standard InChI is InChI=1S/C23H21ClN2O4S/c24-21-14-18(17-6-2-1-3-7-17)10-11-22(21)30-16-23(27)25-19-8-4-9-20(15-19)26-12-5-13-31(26,28)29/h1-4,6-11,14-15H,5,12-13,16H2,(H,25,27). The van der Waals surface area contributed by atoms with Crippen molar-refractivity contribution in [3.05, 3.63) is 77.8 Å². The number of carbonyl (C=O) groups excluding carboxylic acids is 1. The molecule has 3 aromatic carbocycles. The third-order valence-electron chi connectivity index (χ3n) is 4.91. The summed E-state index contributed by atoms with van der Waals surface area (Å²) in [4.78, 5) is 12.3. The molecule has 0 atom stereocenters. The van der Waals surface area contributed by atoms with E-state index < -0.39 is 10.0 Å². The number of nitrogens with one attached hydrogen (secondary N) is 1. The van der Waals surface area contributed by atoms with Crippen molar-refractivity contribution >= 4 is 38.9 Å². The summed E-state index contributed by atoms with van der Waals surface area (Å²) in [5.74, 6) is 0.180. The maximum Gasteiger partial charge on any atom is 0.262 e. The van der Waals surface area contributed by atoms with Gasteiger partial charge in [0.15, 0.2) is 6.61 Å². The highest BCUT2D eigenvalue weighted by molar-refractivity contribution is 7.93. The van der Waals surface area contributed by atoms with Crippen LogP contribution in [-0.2, 0) is 14.8 Å². The normalized spacial score (nSPS) is 14.9. The minimum atomic E-state index is -3.28. The minimum Gasteiger partial charge on any atom is -0.482 e. The molecule has 1 saturated heterocycles. The zero-order valence-corrected chi connectivity index (χ0v) is 18.2. The average Bonchev–Trinajstić information content (AvgIpc) is 3.12. The van der Waals surface area contributed by atoms with E-state index in [1.54, 1.807) is 36.4 Å². The van der Waals surface area contributed by atoms with Crippen LogP contribution in [0.1, 0.15) is 6.42 Å². The lowest BCUT2D eigenvalue weighted by Gasteiger charge is -2.18. The van der Waals surface area contributed by atoms with Gasteiger partial charge in [0, 0.05) is 12.2 Å². The molecule has 0 aromatic heterocycles. The molecule has 1 heterocycles. The van der Waals surface area contributed by atoms with E-state index in [2.05, 4.69) is 5.32 Å². The Kier molecular flexibility index (Phi) is 6.15. The Morgan fingerprint density at radius 2 is 1.81 bits per heavy atom. The molecule has 0 radical (unpaired) electrons. The van der Waals surface area contributed by atoms with Crippen LogP contribution in [-0.4, -0.2) is 33.2 Å². The molecule has 1 aliphatic rings. The third kappa shape index (κ3) is 5.00. The Morgan fingerprint density at radius 3 is 2.52 bits per heavy atom. The summed E-state index contributed by atoms with van der Waals surface area (Å²) >= 11 is 6.32. The predicted molar refractivity (Wildman–Crippen MR) is 123 cm³/mol. The van der Waals surface area contributed by atoms with Crippen LogP contribution in [0.4, 0.5) is 11.4 Å². The molecule has 1 fully saturated rings. The summed E-state index contributed by atoms with van der Waals surface area (Å²) in [6.45, 7) is 0.219. The summed E-state index contributed by atoms with van der Waals surface area (Å²) < 4.78 is 31.2. The summed E-state index contributed by atoms with van der Waals surface area (Å²) in [6.07, 6.45) is 0.594. The van der Waals surface area contributed by atoms with Crippen LogP contribution < -0.4 is 14.4 Å². The molecule has 31 heavy (non-hydrogen) atoms. The average molecular weight is 457 g/mol. The van der Waals surface area contributed by atoms with Gasteiger partial charge < -0.3 is 10.1 Å². The van der Waals surface area contributed by atoms with Gasteiger partial charge in [-0.1, -0.05) is 54.1 Å². The van der Waals surface area contributed by atoms with Crippen molar-refractivity contribution in [2.45, 2.75) is 6.42 Å². The first-order valence-corrected chi connectivity index (χ1v) is 11.8. The van der Waals surface area contributed by atoms with Crippen LogP contribution in [0.15, 0.2) is 72.8 Å². The molecule has 1 N–H and O–H groups in total. The maximum absolute atomic E-state index is 12.3. The van der Waals surface area contributed by atoms with Gasteiger partial charge in [-0.05, 0) is 47.9 Å². The Hall–Kier alpha value is -3.03. The molecular formula is C23H21ClN2O4S. The van der Waals surface area contributed by atoms with E-state index in [1.165, 1.54) is 4.31 Å². The number of hydrogen-bond acceptors (Lipinski definition) is 4. The third-order valence-corrected chi connectivity index (χ3v) is 7.08. The summed E-state index contributed by atoms with van der Waals surface area (Å²) in [7, 11) is -3.28. The van der Waals surface area contributed by atoms with E-state index >= 15 is 0 Å². The zero-order valence-electron chi connectivity index (χ0n) is 16.6. The minimum absolute atomic E-state index is 0.140. The fourth-order valence-corrected chi connectivity index (χ4v) is 5.23. The molecule has 160 valence electrons. The Labute approximate surface area is 186 Å². The number of halogens is 1. The molecule has 0 aliphatic carbocycles. The van der Waals surface area contributed by atoms with Crippen molar-refractivity contribution < 1.29 is 17.9 Å². The van der Waals surface area contributed by atoms with Gasteiger partial charge >= 0.3 is 0 Å². The Bertz CT molecular complexity index is 1200. The SMILES string of the molecule is O=C(COc1ccc(-c2ccccc2)cc1Cl)Nc1cccc(N2CCCS2(=O)=O)c1. The predicted octanol–water partition coefficient (Wildman–Crippen LogP) is 4.56. The number of sulfonamides is 1. The number of nitrogens with zero attached hydrogens (tertiary/aromatic N) is 1. The lowest BCUT2D eigenvalue weighted by Crippen LogP contribution is -2.25. The molecule has 0 spiro atoms. The number of benzene rings is 3. The van der Waals surface area contributed by atoms with Crippen molar-refractivity contribution in [1.82, 2.24) is 0 Å². The highest BCUT2D eigenvalue weighted by atomic mass is 35.5. The maximum atomic E-state index is 12.3. The van der Waals surface area contributed by atoms with Gasteiger partial charge in [0.05, 0.1) is 16.5 Å². The molecule has 0 unspecified atom stereocenters. The van der Waals surface area contributed by atoms with E-state index in [9.17, 15) is 13.2 Å². The molecule has 0 bridgehead atoms. The lowest BCUT2D eigenvalue weighted by molar-refractivity contribution is -0.118. The molecule has 1 aliphatic heterocycles. The Balaban J connectivity index is 1.38. The van der Waals surface area contributed by atoms with Gasteiger partial charge in [0.1, 0.15) is 5.75 Å². The number of anilines is 2. The molecule has 3 aromatic rings. The van der Waals surface area contributed by atoms with Crippen LogP contribution in [0.2, 0.25) is 5.02 Å². The number of amides is 1. The van der Waals surface area contributed by atoms with E-state index in [1.807, 2.05) is 36.4 Å². The van der Waals surface area contributed by atoms with Gasteiger partial charge in [-0.3, -0.25) is 9.10 Å². The van der Waals surface area contributed by atoms with Crippen LogP contribution in [0, 0.1) is 0 Å². The van der Waals surface area contributed by atoms with Gasteiger partial charge in [-0.25, -0.2) is 8.42 Å². The lowest BCUT2D eigenvalue weighted by atomic mass is 10.1. The van der Waals surface area contributed by atoms with Gasteiger partial charge in [0.25, 0.3) is 5.91 Å². The van der Waals surface area contributed by atoms with Crippen molar-refractivity contribution in [3.63, 3.8) is 0 Å². The fourth-order valence-electron chi connectivity index (χ4n) is 3.44. The quantitative estimate of drug-likeness (QED) is 0.589. The van der Waals surface area contributed by atoms with Crippen LogP contribution >= 0.6 is 11.6 Å². The number of ether oxygens (including phenoxy) is 1. The van der Waals surface area contributed by atoms with E-state index in [0.717, 1.165) is 11.1 Å². The van der Waals surface area contributed by atoms with Gasteiger partial charge in [-0.2, -0.15) is 0 Å². The largest absolute Gasteiger partial charge is 0.482 e. The smallest absolute Gasteiger partial charge is 0.262 e. The van der Waals surface area contributed by atoms with Crippen molar-refractivity contribution in [3.8, 4) is 16.9 Å². The zero-order chi connectivity index (χ0) is 21.8. The van der Waals surface area contributed by atoms with E-state index in [4.69, 9.17) is 16.3 Å². The van der Waals surface area contributed by atoms with Crippen molar-refractivity contribution in [2.24, 2.45) is 0 Å². The second-order valence-electron chi connectivity index (χ2n) is 7.14. The van der Waals surface area contributed by atoms with E-state index in [0.29, 0.717) is 35.1 Å². The second kappa shape index (κ2) is 8.99. The number of carbonyl (C=O) groups is 1. The van der Waals surface area contributed by atoms with Crippen LogP contribution in [0.25, 0.3) is 11.1 Å². The first-order valence-electron chi connectivity index (χ1n) is 9.80. The molecule has 0 saturated carbocycles. The topological polar surface area (TPSA) is 75.7 Å². The monoisotopic (exact) mass is 456 g/mol. The van der Waals surface area contributed by atoms with Gasteiger partial charge in [-0.15, -0.1) is 0 Å². The van der Waals surface area contributed by atoms with Crippen LogP contribution in [0.3, 0.4) is 0 Å². The van der Waals surface area contributed by atoms with Crippen molar-refractivity contribution in [2.75, 3.05) is 28.5 Å². The molecular weight excluding hydrogens is 436 g/mol. The molecule has 4 rings (SSSR count). The highest BCUT2D eigenvalue weighted by Gasteiger charge is 2.28. The second-order valence-corrected chi connectivity index (χ2v) is 9.56. The summed E-state index contributed by atoms with van der Waals surface area (Å²) in [6, 6.07) is 22.0. The van der Waals surface area contributed by atoms with E-state index in [-0.39, 0.29) is 18.3 Å². The Morgan fingerprint density at radius 1 is 1.00 bits per heavy atom. The summed E-state index contributed by atoms with van der Waals surface area (Å²) in [5, 5.41) is 3.14. The highest BCUT2D eigenvalue weighted by Crippen LogP contribution is 2.30. The fraction of sp³-hybridized carbons (Fsp3) is 0.174. The van der Waals surface area contributed by atoms with Crippen LogP contribution in [0.5, 0.6) is 5.75 Å². The molecule has 8 heteroatoms.